The minimum atomic E-state index is -0.423. The van der Waals surface area contributed by atoms with Crippen molar-refractivity contribution < 1.29 is 4.92 Å². The first-order chi connectivity index (χ1) is 12.1. The summed E-state index contributed by atoms with van der Waals surface area (Å²) in [7, 11) is 0. The van der Waals surface area contributed by atoms with Crippen molar-refractivity contribution in [2.75, 3.05) is 32.3 Å². The third-order valence-electron chi connectivity index (χ3n) is 3.45. The normalized spacial score (nSPS) is 10.8. The maximum atomic E-state index is 10.6. The van der Waals surface area contributed by atoms with E-state index in [0.717, 1.165) is 27.5 Å². The van der Waals surface area contributed by atoms with E-state index >= 15 is 0 Å². The van der Waals surface area contributed by atoms with Crippen molar-refractivity contribution >= 4 is 68.5 Å². The zero-order valence-corrected chi connectivity index (χ0v) is 17.8. The van der Waals surface area contributed by atoms with E-state index in [1.54, 1.807) is 18.3 Å². The highest BCUT2D eigenvalue weighted by molar-refractivity contribution is 14.1. The molecule has 0 heterocycles. The Kier molecular flexibility index (Phi) is 8.38. The van der Waals surface area contributed by atoms with E-state index in [2.05, 4.69) is 72.7 Å². The van der Waals surface area contributed by atoms with E-state index in [4.69, 9.17) is 0 Å². The summed E-state index contributed by atoms with van der Waals surface area (Å²) in [5.74, 6) is 0. The van der Waals surface area contributed by atoms with Gasteiger partial charge in [0.25, 0.3) is 5.69 Å². The lowest BCUT2D eigenvalue weighted by atomic mass is 10.2. The van der Waals surface area contributed by atoms with Crippen LogP contribution in [0.25, 0.3) is 0 Å². The van der Waals surface area contributed by atoms with Crippen molar-refractivity contribution in [2.45, 2.75) is 0 Å². The second-order valence-corrected chi connectivity index (χ2v) is 7.29. The summed E-state index contributed by atoms with van der Waals surface area (Å²) >= 11 is 4.79. The molecule has 0 spiro atoms. The summed E-state index contributed by atoms with van der Waals surface area (Å²) < 4.78 is 2.19. The fourth-order valence-electron chi connectivity index (χ4n) is 2.18. The second-order valence-electron chi connectivity index (χ2n) is 5.13. The van der Waals surface area contributed by atoms with Crippen LogP contribution >= 0.6 is 45.2 Å². The van der Waals surface area contributed by atoms with Crippen LogP contribution in [-0.2, 0) is 0 Å². The number of hydrazone groups is 1. The minimum Gasteiger partial charge on any atom is -0.370 e. The Morgan fingerprint density at radius 1 is 1.04 bits per heavy atom. The Morgan fingerprint density at radius 2 is 1.64 bits per heavy atom. The van der Waals surface area contributed by atoms with Crippen LogP contribution in [0.4, 0.5) is 17.1 Å². The van der Waals surface area contributed by atoms with Gasteiger partial charge in [0, 0.05) is 39.8 Å². The van der Waals surface area contributed by atoms with E-state index in [1.165, 1.54) is 17.8 Å². The molecular formula is C17H18I2N4O2. The van der Waals surface area contributed by atoms with Gasteiger partial charge in [-0.05, 0) is 29.8 Å². The molecule has 2 rings (SSSR count). The number of nitrogens with one attached hydrogen (secondary N) is 1. The number of alkyl halides is 2. The van der Waals surface area contributed by atoms with Gasteiger partial charge >= 0.3 is 0 Å². The van der Waals surface area contributed by atoms with Crippen LogP contribution in [0.15, 0.2) is 53.6 Å². The molecule has 2 aromatic rings. The maximum absolute atomic E-state index is 10.6. The van der Waals surface area contributed by atoms with Crippen molar-refractivity contribution in [1.82, 2.24) is 0 Å². The summed E-state index contributed by atoms with van der Waals surface area (Å²) in [4.78, 5) is 12.6. The molecule has 0 amide bonds. The molecule has 0 aliphatic rings. The quantitative estimate of drug-likeness (QED) is 0.158. The number of non-ortho nitro benzene ring substituents is 1. The van der Waals surface area contributed by atoms with Gasteiger partial charge in [-0.2, -0.15) is 5.10 Å². The highest BCUT2D eigenvalue weighted by Gasteiger charge is 2.05. The van der Waals surface area contributed by atoms with Crippen molar-refractivity contribution in [3.63, 3.8) is 0 Å². The van der Waals surface area contributed by atoms with Gasteiger partial charge in [-0.15, -0.1) is 0 Å². The minimum absolute atomic E-state index is 0.0627. The number of halogens is 2. The Labute approximate surface area is 174 Å². The Bertz CT molecular complexity index is 700. The van der Waals surface area contributed by atoms with Crippen molar-refractivity contribution in [1.29, 1.82) is 0 Å². The van der Waals surface area contributed by atoms with Crippen LogP contribution in [0.2, 0.25) is 0 Å². The lowest BCUT2D eigenvalue weighted by Crippen LogP contribution is -2.27. The first-order valence-corrected chi connectivity index (χ1v) is 10.7. The van der Waals surface area contributed by atoms with Gasteiger partial charge < -0.3 is 4.90 Å². The molecule has 0 aliphatic carbocycles. The zero-order valence-electron chi connectivity index (χ0n) is 13.4. The van der Waals surface area contributed by atoms with Crippen molar-refractivity contribution in [3.05, 3.63) is 64.2 Å². The molecule has 0 atom stereocenters. The summed E-state index contributed by atoms with van der Waals surface area (Å²) in [6.07, 6.45) is 1.73. The van der Waals surface area contributed by atoms with E-state index in [1.807, 2.05) is 12.1 Å². The number of nitrogens with zero attached hydrogens (tertiary/aromatic N) is 3. The van der Waals surface area contributed by atoms with Crippen LogP contribution in [0, 0.1) is 10.1 Å². The van der Waals surface area contributed by atoms with Gasteiger partial charge in [0.15, 0.2) is 0 Å². The Balaban J connectivity index is 1.95. The third-order valence-corrected chi connectivity index (χ3v) is 4.42. The summed E-state index contributed by atoms with van der Waals surface area (Å²) in [6.45, 7) is 2.08. The predicted octanol–water partition coefficient (Wildman–Crippen LogP) is 4.72. The molecule has 0 aromatic heterocycles. The molecule has 6 nitrogen and oxygen atoms in total. The van der Waals surface area contributed by atoms with E-state index < -0.39 is 4.92 Å². The standard InChI is InChI=1S/C17H18I2N4O2/c18-9-11-22(12-10-19)16-5-1-14(2-6-16)13-20-21-15-3-7-17(8-4-15)23(24)25/h1-8,13,21H,9-12H2. The molecule has 0 saturated carbocycles. The SMILES string of the molecule is O=[N+]([O-])c1ccc(NN=Cc2ccc(N(CCI)CCI)cc2)cc1. The summed E-state index contributed by atoms with van der Waals surface area (Å²) in [5.41, 5.74) is 5.84. The lowest BCUT2D eigenvalue weighted by Gasteiger charge is -2.23. The maximum Gasteiger partial charge on any atom is 0.269 e. The van der Waals surface area contributed by atoms with Crippen LogP contribution in [0.5, 0.6) is 0 Å². The van der Waals surface area contributed by atoms with Gasteiger partial charge in [0.1, 0.15) is 0 Å². The highest BCUT2D eigenvalue weighted by Crippen LogP contribution is 2.17. The van der Waals surface area contributed by atoms with Crippen LogP contribution < -0.4 is 10.3 Å². The molecule has 1 N–H and O–H groups in total. The molecule has 0 bridgehead atoms. The Morgan fingerprint density at radius 3 is 2.16 bits per heavy atom. The van der Waals surface area contributed by atoms with Gasteiger partial charge in [-0.25, -0.2) is 0 Å². The summed E-state index contributed by atoms with van der Waals surface area (Å²) in [5, 5.41) is 14.8. The number of rotatable bonds is 9. The van der Waals surface area contributed by atoms with Crippen LogP contribution in [0.1, 0.15) is 5.56 Å². The molecule has 25 heavy (non-hydrogen) atoms. The van der Waals surface area contributed by atoms with Gasteiger partial charge in [-0.3, -0.25) is 15.5 Å². The number of nitro groups is 1. The van der Waals surface area contributed by atoms with Crippen molar-refractivity contribution in [3.8, 4) is 0 Å². The number of hydrogen-bond donors (Lipinski definition) is 1. The third kappa shape index (κ3) is 6.42. The highest BCUT2D eigenvalue weighted by atomic mass is 127. The van der Waals surface area contributed by atoms with Gasteiger partial charge in [0.05, 0.1) is 16.8 Å². The van der Waals surface area contributed by atoms with Gasteiger partial charge in [0.2, 0.25) is 0 Å². The van der Waals surface area contributed by atoms with Crippen molar-refractivity contribution in [2.24, 2.45) is 5.10 Å². The largest absolute Gasteiger partial charge is 0.370 e. The number of hydrogen-bond acceptors (Lipinski definition) is 5. The van der Waals surface area contributed by atoms with E-state index in [0.29, 0.717) is 5.69 Å². The molecule has 0 unspecified atom stereocenters. The van der Waals surface area contributed by atoms with E-state index in [-0.39, 0.29) is 5.69 Å². The molecule has 2 aromatic carbocycles. The van der Waals surface area contributed by atoms with Crippen LogP contribution in [0.3, 0.4) is 0 Å². The van der Waals surface area contributed by atoms with Crippen LogP contribution in [-0.4, -0.2) is 33.1 Å². The molecular weight excluding hydrogens is 546 g/mol. The molecule has 0 radical (unpaired) electrons. The molecule has 0 saturated heterocycles. The first kappa shape index (κ1) is 19.9. The average Bonchev–Trinajstić information content (AvgIpc) is 2.62. The fraction of sp³-hybridized carbons (Fsp3) is 0.235. The molecule has 0 aliphatic heterocycles. The number of benzene rings is 2. The van der Waals surface area contributed by atoms with E-state index in [9.17, 15) is 10.1 Å². The summed E-state index contributed by atoms with van der Waals surface area (Å²) in [6, 6.07) is 14.4. The lowest BCUT2D eigenvalue weighted by molar-refractivity contribution is -0.384. The number of nitro benzene ring substituents is 1. The Hall–Kier alpha value is -1.43. The molecule has 0 fully saturated rings. The first-order valence-electron chi connectivity index (χ1n) is 7.64. The number of anilines is 2. The smallest absolute Gasteiger partial charge is 0.269 e. The fourth-order valence-corrected chi connectivity index (χ4v) is 3.35. The molecule has 132 valence electrons. The van der Waals surface area contributed by atoms with Gasteiger partial charge in [-0.1, -0.05) is 57.3 Å². The zero-order chi connectivity index (χ0) is 18.1. The second kappa shape index (κ2) is 10.5. The average molecular weight is 564 g/mol. The molecule has 8 heteroatoms. The topological polar surface area (TPSA) is 70.8 Å². The monoisotopic (exact) mass is 564 g/mol. The predicted molar refractivity (Wildman–Crippen MR) is 121 cm³/mol.